The van der Waals surface area contributed by atoms with E-state index in [9.17, 15) is 0 Å². The van der Waals surface area contributed by atoms with Gasteiger partial charge in [-0.1, -0.05) is 78.9 Å². The highest BCUT2D eigenvalue weighted by atomic mass is 32.1. The lowest BCUT2D eigenvalue weighted by Gasteiger charge is -2.33. The van der Waals surface area contributed by atoms with Gasteiger partial charge in [-0.05, 0) is 95.5 Å². The summed E-state index contributed by atoms with van der Waals surface area (Å²) < 4.78 is 9.14. The van der Waals surface area contributed by atoms with Crippen LogP contribution in [-0.2, 0) is 0 Å². The number of thiophene rings is 1. The number of allylic oxidation sites excluding steroid dienone is 5. The highest BCUT2D eigenvalue weighted by molar-refractivity contribution is 7.25. The third-order valence-corrected chi connectivity index (χ3v) is 10.2. The molecule has 0 saturated carbocycles. The number of benzene rings is 5. The topological polar surface area (TPSA) is 12.5 Å². The molecule has 0 amide bonds. The first-order valence-corrected chi connectivity index (χ1v) is 15.9. The molecule has 206 valence electrons. The summed E-state index contributed by atoms with van der Waals surface area (Å²) in [4.78, 5) is 2.48. The zero-order chi connectivity index (χ0) is 28.3. The molecule has 0 saturated heterocycles. The Balaban J connectivity index is 1.18. The zero-order valence-corrected chi connectivity index (χ0v) is 24.4. The fraction of sp³-hybridized carbons (Fsp3) is 0.100. The van der Waals surface area contributed by atoms with Gasteiger partial charge in [0.25, 0.3) is 0 Å². The molecule has 0 fully saturated rings. The average Bonchev–Trinajstić information content (AvgIpc) is 3.62. The lowest BCUT2D eigenvalue weighted by molar-refractivity contribution is 0.268. The summed E-state index contributed by atoms with van der Waals surface area (Å²) in [7, 11) is 0. The van der Waals surface area contributed by atoms with Crippen molar-refractivity contribution in [2.45, 2.75) is 24.9 Å². The molecule has 43 heavy (non-hydrogen) atoms. The molecule has 1 aliphatic heterocycles. The summed E-state index contributed by atoms with van der Waals surface area (Å²) in [5, 5.41) is 5.13. The van der Waals surface area contributed by atoms with E-state index >= 15 is 0 Å². The molecule has 0 bridgehead atoms. The van der Waals surface area contributed by atoms with Gasteiger partial charge in [0.05, 0.1) is 0 Å². The molecule has 1 aromatic heterocycles. The predicted octanol–water partition coefficient (Wildman–Crippen LogP) is 10.8. The second-order valence-corrected chi connectivity index (χ2v) is 12.7. The number of fused-ring (bicyclic) bond motifs is 7. The summed E-state index contributed by atoms with van der Waals surface area (Å²) in [5.74, 6) is 1.17. The van der Waals surface area contributed by atoms with Crippen molar-refractivity contribution >= 4 is 53.5 Å². The Kier molecular flexibility index (Phi) is 5.67. The Hall–Kier alpha value is -4.86. The Morgan fingerprint density at radius 2 is 1.49 bits per heavy atom. The summed E-state index contributed by atoms with van der Waals surface area (Å²) in [6.07, 6.45) is 13.6. The second-order valence-electron chi connectivity index (χ2n) is 11.6. The minimum absolute atomic E-state index is 0.0191. The van der Waals surface area contributed by atoms with Gasteiger partial charge in [0, 0.05) is 48.7 Å². The maximum absolute atomic E-state index is 6.48. The fourth-order valence-corrected chi connectivity index (χ4v) is 8.05. The average molecular weight is 572 g/mol. The molecule has 2 nitrogen and oxygen atoms in total. The Morgan fingerprint density at radius 3 is 2.35 bits per heavy atom. The minimum atomic E-state index is 0.0191. The lowest BCUT2D eigenvalue weighted by Crippen LogP contribution is -2.26. The van der Waals surface area contributed by atoms with E-state index in [1.54, 1.807) is 0 Å². The van der Waals surface area contributed by atoms with Gasteiger partial charge in [0.2, 0.25) is 0 Å². The van der Waals surface area contributed by atoms with Crippen LogP contribution in [0.4, 0.5) is 5.69 Å². The maximum Gasteiger partial charge on any atom is 0.128 e. The third kappa shape index (κ3) is 4.15. The fourth-order valence-electron chi connectivity index (χ4n) is 6.96. The van der Waals surface area contributed by atoms with Crippen LogP contribution in [0.1, 0.15) is 29.9 Å². The van der Waals surface area contributed by atoms with Crippen LogP contribution in [-0.4, -0.2) is 6.10 Å². The maximum atomic E-state index is 6.48. The summed E-state index contributed by atoms with van der Waals surface area (Å²) in [5.41, 5.74) is 7.68. The molecule has 0 spiro atoms. The summed E-state index contributed by atoms with van der Waals surface area (Å²) in [6.45, 7) is 0. The number of anilines is 1. The van der Waals surface area contributed by atoms with Crippen LogP contribution in [0.5, 0.6) is 5.75 Å². The van der Waals surface area contributed by atoms with Gasteiger partial charge in [0.15, 0.2) is 0 Å². The Labute approximate surface area is 255 Å². The first-order chi connectivity index (χ1) is 21.3. The van der Waals surface area contributed by atoms with E-state index in [4.69, 9.17) is 4.74 Å². The van der Waals surface area contributed by atoms with E-state index < -0.39 is 0 Å². The molecule has 6 aromatic rings. The Morgan fingerprint density at radius 1 is 0.698 bits per heavy atom. The van der Waals surface area contributed by atoms with Gasteiger partial charge in [-0.25, -0.2) is 0 Å². The third-order valence-electron chi connectivity index (χ3n) is 9.10. The Bertz CT molecular complexity index is 2180. The first-order valence-electron chi connectivity index (χ1n) is 15.0. The number of ether oxygens (including phenoxy) is 1. The number of hydrogen-bond donors (Lipinski definition) is 0. The predicted molar refractivity (Wildman–Crippen MR) is 182 cm³/mol. The van der Waals surface area contributed by atoms with Crippen LogP contribution in [0, 0.1) is 0 Å². The first kappa shape index (κ1) is 24.7. The van der Waals surface area contributed by atoms with E-state index in [0.717, 1.165) is 18.6 Å². The number of rotatable bonds is 4. The second kappa shape index (κ2) is 9.86. The molecule has 9 rings (SSSR count). The molecule has 2 unspecified atom stereocenters. The molecule has 5 aromatic carbocycles. The quantitative estimate of drug-likeness (QED) is 0.209. The SMILES string of the molecule is C1=CC2Oc3cc4ccccc4cc3C2C=C1N(C1=CC=C(c2ccccc2)CC1)c1ccc2sc3ccccc3c2c1. The summed E-state index contributed by atoms with van der Waals surface area (Å²) >= 11 is 1.87. The van der Waals surface area contributed by atoms with Crippen LogP contribution in [0.2, 0.25) is 0 Å². The van der Waals surface area contributed by atoms with E-state index in [1.807, 2.05) is 11.3 Å². The van der Waals surface area contributed by atoms with Crippen molar-refractivity contribution in [3.8, 4) is 5.75 Å². The molecular weight excluding hydrogens is 543 g/mol. The summed E-state index contributed by atoms with van der Waals surface area (Å²) in [6, 6.07) is 39.6. The van der Waals surface area contributed by atoms with Crippen molar-refractivity contribution in [1.82, 2.24) is 0 Å². The number of nitrogens with zero attached hydrogens (tertiary/aromatic N) is 1. The van der Waals surface area contributed by atoms with Crippen molar-refractivity contribution in [2.24, 2.45) is 0 Å². The van der Waals surface area contributed by atoms with Crippen molar-refractivity contribution in [2.75, 3.05) is 4.90 Å². The highest BCUT2D eigenvalue weighted by Gasteiger charge is 2.35. The van der Waals surface area contributed by atoms with E-state index in [1.165, 1.54) is 64.7 Å². The van der Waals surface area contributed by atoms with Gasteiger partial charge in [0.1, 0.15) is 11.9 Å². The van der Waals surface area contributed by atoms with E-state index in [-0.39, 0.29) is 12.0 Å². The molecule has 0 N–H and O–H groups in total. The molecule has 2 atom stereocenters. The highest BCUT2D eigenvalue weighted by Crippen LogP contribution is 2.46. The minimum Gasteiger partial charge on any atom is -0.485 e. The number of hydrogen-bond acceptors (Lipinski definition) is 3. The monoisotopic (exact) mass is 571 g/mol. The van der Waals surface area contributed by atoms with Crippen LogP contribution in [0.3, 0.4) is 0 Å². The van der Waals surface area contributed by atoms with Crippen LogP contribution >= 0.6 is 11.3 Å². The van der Waals surface area contributed by atoms with Gasteiger partial charge in [-0.15, -0.1) is 11.3 Å². The standard InChI is InChI=1S/C40H29NOS/c1-2-8-26(9-3-1)27-14-16-30(17-15-27)41(32-19-21-40-36(25-32)33-12-6-7-13-39(33)43-40)31-18-20-37-35(24-31)34-22-28-10-4-5-11-29(28)23-38(34)42-37/h1-14,16,18-25,35,37H,15,17H2. The smallest absolute Gasteiger partial charge is 0.128 e. The largest absolute Gasteiger partial charge is 0.485 e. The molecule has 2 heterocycles. The van der Waals surface area contributed by atoms with Crippen molar-refractivity contribution in [3.63, 3.8) is 0 Å². The van der Waals surface area contributed by atoms with Crippen molar-refractivity contribution in [1.29, 1.82) is 0 Å². The van der Waals surface area contributed by atoms with Crippen LogP contribution in [0.15, 0.2) is 151 Å². The normalized spacial score (nSPS) is 19.0. The van der Waals surface area contributed by atoms with E-state index in [0.29, 0.717) is 0 Å². The van der Waals surface area contributed by atoms with Gasteiger partial charge in [-0.3, -0.25) is 0 Å². The van der Waals surface area contributed by atoms with Gasteiger partial charge in [-0.2, -0.15) is 0 Å². The molecule has 0 radical (unpaired) electrons. The molecule has 3 aliphatic rings. The van der Waals surface area contributed by atoms with E-state index in [2.05, 4.69) is 144 Å². The molecular formula is C40H29NOS. The van der Waals surface area contributed by atoms with Crippen molar-refractivity contribution in [3.05, 3.63) is 162 Å². The molecule has 2 aliphatic carbocycles. The molecule has 3 heteroatoms. The van der Waals surface area contributed by atoms with Gasteiger partial charge >= 0.3 is 0 Å². The lowest BCUT2D eigenvalue weighted by atomic mass is 9.88. The van der Waals surface area contributed by atoms with Crippen LogP contribution < -0.4 is 9.64 Å². The van der Waals surface area contributed by atoms with Crippen molar-refractivity contribution < 1.29 is 4.74 Å². The van der Waals surface area contributed by atoms with Crippen LogP contribution in [0.25, 0.3) is 36.5 Å². The van der Waals surface area contributed by atoms with Gasteiger partial charge < -0.3 is 9.64 Å². The zero-order valence-electron chi connectivity index (χ0n) is 23.6.